The number of aryl methyl sites for hydroxylation is 2. The molecule has 4 rings (SSSR count). The summed E-state index contributed by atoms with van der Waals surface area (Å²) >= 11 is 11.3. The number of aromatic amines is 2. The molecule has 4 nitrogen and oxygen atoms in total. The van der Waals surface area contributed by atoms with Gasteiger partial charge in [-0.05, 0) is 44.2 Å². The minimum absolute atomic E-state index is 0.132. The van der Waals surface area contributed by atoms with E-state index in [0.29, 0.717) is 11.3 Å². The van der Waals surface area contributed by atoms with Gasteiger partial charge in [-0.15, -0.1) is 0 Å². The van der Waals surface area contributed by atoms with Gasteiger partial charge in [0.15, 0.2) is 0 Å². The Morgan fingerprint density at radius 1 is 0.885 bits per heavy atom. The molecular formula is C17H13Cl2F3N4. The Bertz CT molecular complexity index is 1080. The van der Waals surface area contributed by atoms with Crippen LogP contribution < -0.4 is 0 Å². The fourth-order valence-corrected chi connectivity index (χ4v) is 2.98. The zero-order chi connectivity index (χ0) is 19.1. The van der Waals surface area contributed by atoms with Crippen LogP contribution in [0.15, 0.2) is 30.3 Å². The number of benzene rings is 2. The summed E-state index contributed by atoms with van der Waals surface area (Å²) in [5, 5.41) is 0.405. The molecule has 2 heterocycles. The molecule has 0 saturated carbocycles. The summed E-state index contributed by atoms with van der Waals surface area (Å²) in [6, 6.07) is 8.31. The SMILES string of the molecule is Cc1nc2c(C(F)(F)F)c(Cl)ccc2[nH]1.Cc1nc2ccc(Cl)cc2[nH]1. The van der Waals surface area contributed by atoms with Crippen LogP contribution in [0.2, 0.25) is 10.0 Å². The van der Waals surface area contributed by atoms with Crippen LogP contribution in [0.5, 0.6) is 0 Å². The normalized spacial score (nSPS) is 11.7. The Morgan fingerprint density at radius 2 is 1.54 bits per heavy atom. The number of halogens is 5. The van der Waals surface area contributed by atoms with E-state index in [1.54, 1.807) is 6.92 Å². The van der Waals surface area contributed by atoms with Crippen molar-refractivity contribution in [3.63, 3.8) is 0 Å². The van der Waals surface area contributed by atoms with Crippen LogP contribution in [0.4, 0.5) is 13.2 Å². The van der Waals surface area contributed by atoms with E-state index in [2.05, 4.69) is 19.9 Å². The number of nitrogens with zero attached hydrogens (tertiary/aromatic N) is 2. The number of rotatable bonds is 0. The maximum atomic E-state index is 12.6. The summed E-state index contributed by atoms with van der Waals surface area (Å²) in [5.74, 6) is 1.35. The summed E-state index contributed by atoms with van der Waals surface area (Å²) in [6.45, 7) is 3.52. The average molecular weight is 401 g/mol. The highest BCUT2D eigenvalue weighted by atomic mass is 35.5. The topological polar surface area (TPSA) is 57.4 Å². The standard InChI is InChI=1S/C9H6ClF3N2.C8H7ClN2/c1-4-14-6-3-2-5(10)7(8(6)15-4)9(11,12)13;1-5-10-7-3-2-6(9)4-8(7)11-5/h2-3H,1H3,(H,14,15);2-4H,1H3,(H,10,11). The highest BCUT2D eigenvalue weighted by Crippen LogP contribution is 2.38. The van der Waals surface area contributed by atoms with Crippen molar-refractivity contribution in [3.05, 3.63) is 57.6 Å². The molecule has 136 valence electrons. The van der Waals surface area contributed by atoms with Crippen molar-refractivity contribution >= 4 is 45.3 Å². The largest absolute Gasteiger partial charge is 0.420 e. The Labute approximate surface area is 156 Å². The number of hydrogen-bond acceptors (Lipinski definition) is 2. The number of hydrogen-bond donors (Lipinski definition) is 2. The van der Waals surface area contributed by atoms with Crippen LogP contribution in [0.1, 0.15) is 17.2 Å². The van der Waals surface area contributed by atoms with Crippen LogP contribution in [0.3, 0.4) is 0 Å². The van der Waals surface area contributed by atoms with Crippen LogP contribution in [0, 0.1) is 13.8 Å². The fraction of sp³-hybridized carbons (Fsp3) is 0.176. The Morgan fingerprint density at radius 3 is 2.23 bits per heavy atom. The molecule has 2 aromatic carbocycles. The number of alkyl halides is 3. The number of nitrogens with one attached hydrogen (secondary N) is 2. The second-order valence-corrected chi connectivity index (χ2v) is 6.47. The molecule has 0 fully saturated rings. The van der Waals surface area contributed by atoms with E-state index >= 15 is 0 Å². The van der Waals surface area contributed by atoms with Crippen molar-refractivity contribution < 1.29 is 13.2 Å². The molecule has 2 aromatic heterocycles. The lowest BCUT2D eigenvalue weighted by Crippen LogP contribution is -2.06. The maximum absolute atomic E-state index is 12.6. The van der Waals surface area contributed by atoms with Crippen LogP contribution in [0.25, 0.3) is 22.1 Å². The van der Waals surface area contributed by atoms with Gasteiger partial charge in [-0.25, -0.2) is 9.97 Å². The summed E-state index contributed by atoms with van der Waals surface area (Å²) in [7, 11) is 0. The number of imidazole rings is 2. The third kappa shape index (κ3) is 3.78. The third-order valence-electron chi connectivity index (χ3n) is 3.57. The van der Waals surface area contributed by atoms with E-state index < -0.39 is 11.7 Å². The molecule has 0 atom stereocenters. The third-order valence-corrected chi connectivity index (χ3v) is 4.12. The van der Waals surface area contributed by atoms with Gasteiger partial charge in [0, 0.05) is 5.02 Å². The summed E-state index contributed by atoms with van der Waals surface area (Å²) in [6.07, 6.45) is -4.49. The van der Waals surface area contributed by atoms with Crippen molar-refractivity contribution in [3.8, 4) is 0 Å². The lowest BCUT2D eigenvalue weighted by atomic mass is 10.2. The Kier molecular flexibility index (Phi) is 4.86. The van der Waals surface area contributed by atoms with Crippen molar-refractivity contribution in [1.82, 2.24) is 19.9 Å². The van der Waals surface area contributed by atoms with E-state index in [-0.39, 0.29) is 10.5 Å². The van der Waals surface area contributed by atoms with Crippen molar-refractivity contribution in [2.24, 2.45) is 0 Å². The van der Waals surface area contributed by atoms with Gasteiger partial charge in [0.05, 0.1) is 21.6 Å². The van der Waals surface area contributed by atoms with Gasteiger partial charge in [0.1, 0.15) is 22.7 Å². The van der Waals surface area contributed by atoms with E-state index in [9.17, 15) is 13.2 Å². The lowest BCUT2D eigenvalue weighted by Gasteiger charge is -2.08. The predicted molar refractivity (Wildman–Crippen MR) is 96.7 cm³/mol. The molecule has 0 bridgehead atoms. The molecule has 0 aliphatic heterocycles. The van der Waals surface area contributed by atoms with Gasteiger partial charge >= 0.3 is 6.18 Å². The molecule has 0 unspecified atom stereocenters. The minimum atomic E-state index is -4.49. The van der Waals surface area contributed by atoms with E-state index in [1.165, 1.54) is 12.1 Å². The Balaban J connectivity index is 0.000000158. The second kappa shape index (κ2) is 6.81. The first-order valence-electron chi connectivity index (χ1n) is 7.49. The summed E-state index contributed by atoms with van der Waals surface area (Å²) in [4.78, 5) is 13.9. The highest BCUT2D eigenvalue weighted by Gasteiger charge is 2.36. The molecule has 26 heavy (non-hydrogen) atoms. The summed E-state index contributed by atoms with van der Waals surface area (Å²) in [5.41, 5.74) is 1.28. The van der Waals surface area contributed by atoms with Crippen molar-refractivity contribution in [1.29, 1.82) is 0 Å². The first-order chi connectivity index (χ1) is 12.1. The molecule has 0 amide bonds. The van der Waals surface area contributed by atoms with Crippen molar-refractivity contribution in [2.45, 2.75) is 20.0 Å². The zero-order valence-corrected chi connectivity index (χ0v) is 15.2. The van der Waals surface area contributed by atoms with Gasteiger partial charge in [-0.1, -0.05) is 23.2 Å². The van der Waals surface area contributed by atoms with Crippen LogP contribution in [-0.4, -0.2) is 19.9 Å². The number of H-pyrrole nitrogens is 2. The predicted octanol–water partition coefficient (Wildman–Crippen LogP) is 6.07. The molecule has 0 spiro atoms. The first kappa shape index (κ1) is 18.5. The van der Waals surface area contributed by atoms with E-state index in [0.717, 1.165) is 21.9 Å². The second-order valence-electron chi connectivity index (χ2n) is 5.62. The van der Waals surface area contributed by atoms with Gasteiger partial charge in [-0.2, -0.15) is 13.2 Å². The molecule has 2 N–H and O–H groups in total. The molecule has 0 saturated heterocycles. The molecule has 0 radical (unpaired) electrons. The quantitative estimate of drug-likeness (QED) is 0.376. The van der Waals surface area contributed by atoms with Crippen LogP contribution >= 0.6 is 23.2 Å². The van der Waals surface area contributed by atoms with Gasteiger partial charge in [0.2, 0.25) is 0 Å². The van der Waals surface area contributed by atoms with E-state index in [1.807, 2.05) is 25.1 Å². The smallest absolute Gasteiger partial charge is 0.342 e. The molecular weight excluding hydrogens is 388 g/mol. The van der Waals surface area contributed by atoms with Crippen LogP contribution in [-0.2, 0) is 6.18 Å². The Hall–Kier alpha value is -2.25. The van der Waals surface area contributed by atoms with Gasteiger partial charge < -0.3 is 9.97 Å². The van der Waals surface area contributed by atoms with E-state index in [4.69, 9.17) is 23.2 Å². The molecule has 4 aromatic rings. The first-order valence-corrected chi connectivity index (χ1v) is 8.24. The monoisotopic (exact) mass is 400 g/mol. The molecule has 0 aliphatic carbocycles. The number of aromatic nitrogens is 4. The lowest BCUT2D eigenvalue weighted by molar-refractivity contribution is -0.136. The van der Waals surface area contributed by atoms with Gasteiger partial charge in [0.25, 0.3) is 0 Å². The molecule has 9 heteroatoms. The minimum Gasteiger partial charge on any atom is -0.342 e. The molecule has 0 aliphatic rings. The zero-order valence-electron chi connectivity index (χ0n) is 13.7. The fourth-order valence-electron chi connectivity index (χ4n) is 2.55. The summed E-state index contributed by atoms with van der Waals surface area (Å²) < 4.78 is 37.9. The highest BCUT2D eigenvalue weighted by molar-refractivity contribution is 6.32. The average Bonchev–Trinajstić information content (AvgIpc) is 3.06. The van der Waals surface area contributed by atoms with Crippen molar-refractivity contribution in [2.75, 3.05) is 0 Å². The number of fused-ring (bicyclic) bond motifs is 2. The van der Waals surface area contributed by atoms with Gasteiger partial charge in [-0.3, -0.25) is 0 Å². The maximum Gasteiger partial charge on any atom is 0.420 e.